The number of carbonyl (C=O) groups excluding carboxylic acids is 2. The molecule has 0 spiro atoms. The minimum atomic E-state index is -4.18. The molecule has 1 atom stereocenters. The Bertz CT molecular complexity index is 1340. The van der Waals surface area contributed by atoms with Gasteiger partial charge in [0.05, 0.1) is 20.6 Å². The molecule has 2 amide bonds. The molecule has 0 aliphatic heterocycles. The summed E-state index contributed by atoms with van der Waals surface area (Å²) >= 11 is 18.2. The predicted molar refractivity (Wildman–Crippen MR) is 143 cm³/mol. The smallest absolute Gasteiger partial charge is 0.264 e. The maximum Gasteiger partial charge on any atom is 0.264 e. The Morgan fingerprint density at radius 3 is 2.14 bits per heavy atom. The van der Waals surface area contributed by atoms with Crippen LogP contribution >= 0.6 is 34.8 Å². The number of anilines is 1. The van der Waals surface area contributed by atoms with E-state index in [1.807, 2.05) is 0 Å². The summed E-state index contributed by atoms with van der Waals surface area (Å²) < 4.78 is 28.2. The number of halogens is 3. The van der Waals surface area contributed by atoms with Gasteiger partial charge in [-0.25, -0.2) is 8.42 Å². The van der Waals surface area contributed by atoms with E-state index in [1.54, 1.807) is 49.4 Å². The van der Waals surface area contributed by atoms with Gasteiger partial charge in [-0.15, -0.1) is 0 Å². The van der Waals surface area contributed by atoms with Crippen molar-refractivity contribution in [2.75, 3.05) is 17.9 Å². The van der Waals surface area contributed by atoms with Gasteiger partial charge >= 0.3 is 0 Å². The van der Waals surface area contributed by atoms with Crippen molar-refractivity contribution in [1.82, 2.24) is 10.2 Å². The second-order valence-corrected chi connectivity index (χ2v) is 11.0. The highest BCUT2D eigenvalue weighted by molar-refractivity contribution is 7.92. The molecule has 36 heavy (non-hydrogen) atoms. The van der Waals surface area contributed by atoms with Crippen molar-refractivity contribution in [3.05, 3.63) is 93.4 Å². The highest BCUT2D eigenvalue weighted by atomic mass is 35.5. The van der Waals surface area contributed by atoms with Gasteiger partial charge in [0.15, 0.2) is 0 Å². The molecule has 190 valence electrons. The molecule has 3 rings (SSSR count). The Hall–Kier alpha value is -2.78. The third-order valence-electron chi connectivity index (χ3n) is 5.48. The average molecular weight is 569 g/mol. The van der Waals surface area contributed by atoms with Crippen LogP contribution in [0.25, 0.3) is 0 Å². The van der Waals surface area contributed by atoms with E-state index in [-0.39, 0.29) is 27.2 Å². The van der Waals surface area contributed by atoms with Crippen LogP contribution < -0.4 is 9.62 Å². The lowest BCUT2D eigenvalue weighted by Crippen LogP contribution is -2.50. The summed E-state index contributed by atoms with van der Waals surface area (Å²) in [5, 5.41) is 3.42. The zero-order valence-corrected chi connectivity index (χ0v) is 22.6. The van der Waals surface area contributed by atoms with Gasteiger partial charge in [-0.05, 0) is 55.0 Å². The van der Waals surface area contributed by atoms with Crippen LogP contribution in [0.4, 0.5) is 5.69 Å². The zero-order chi connectivity index (χ0) is 26.5. The topological polar surface area (TPSA) is 86.8 Å². The van der Waals surface area contributed by atoms with Crippen molar-refractivity contribution in [1.29, 1.82) is 0 Å². The van der Waals surface area contributed by atoms with E-state index >= 15 is 0 Å². The number of amides is 2. The maximum atomic E-state index is 13.6. The maximum absolute atomic E-state index is 13.6. The largest absolute Gasteiger partial charge is 0.357 e. The number of rotatable bonds is 9. The third kappa shape index (κ3) is 6.50. The van der Waals surface area contributed by atoms with E-state index in [0.717, 1.165) is 9.87 Å². The molecule has 11 heteroatoms. The first kappa shape index (κ1) is 27.8. The van der Waals surface area contributed by atoms with Crippen LogP contribution in [0.1, 0.15) is 12.5 Å². The molecule has 0 radical (unpaired) electrons. The predicted octanol–water partition coefficient (Wildman–Crippen LogP) is 5.01. The van der Waals surface area contributed by atoms with Crippen LogP contribution in [0.2, 0.25) is 15.1 Å². The fraction of sp³-hybridized carbons (Fsp3) is 0.200. The normalized spacial score (nSPS) is 12.0. The van der Waals surface area contributed by atoms with Gasteiger partial charge in [-0.3, -0.25) is 13.9 Å². The summed E-state index contributed by atoms with van der Waals surface area (Å²) in [4.78, 5) is 27.4. The number of carbonyl (C=O) groups is 2. The lowest BCUT2D eigenvalue weighted by molar-refractivity contribution is -0.139. The summed E-state index contributed by atoms with van der Waals surface area (Å²) in [6, 6.07) is 18.0. The molecule has 0 saturated carbocycles. The van der Waals surface area contributed by atoms with Crippen molar-refractivity contribution >= 4 is 62.3 Å². The summed E-state index contributed by atoms with van der Waals surface area (Å²) in [7, 11) is -2.71. The molecule has 3 aromatic carbocycles. The van der Waals surface area contributed by atoms with Crippen LogP contribution in [0, 0.1) is 0 Å². The first-order valence-corrected chi connectivity index (χ1v) is 13.4. The third-order valence-corrected chi connectivity index (χ3v) is 8.26. The van der Waals surface area contributed by atoms with E-state index in [1.165, 1.54) is 42.3 Å². The molecule has 1 N–H and O–H groups in total. The van der Waals surface area contributed by atoms with E-state index in [2.05, 4.69) is 5.32 Å². The molecular weight excluding hydrogens is 545 g/mol. The van der Waals surface area contributed by atoms with Crippen molar-refractivity contribution in [3.8, 4) is 0 Å². The number of sulfonamides is 1. The second-order valence-electron chi connectivity index (χ2n) is 7.86. The van der Waals surface area contributed by atoms with E-state index in [9.17, 15) is 18.0 Å². The summed E-state index contributed by atoms with van der Waals surface area (Å²) in [5.74, 6) is -0.990. The lowest BCUT2D eigenvalue weighted by atomic mass is 10.1. The summed E-state index contributed by atoms with van der Waals surface area (Å²) in [5.41, 5.74) is 0.871. The van der Waals surface area contributed by atoms with E-state index in [4.69, 9.17) is 34.8 Å². The fourth-order valence-corrected chi connectivity index (χ4v) is 5.31. The molecule has 0 saturated heterocycles. The molecule has 7 nitrogen and oxygen atoms in total. The SMILES string of the molecule is CNC(=O)[C@@H](C)N(Cc1ccc(Cl)cc1)C(=O)CN(c1ccc(Cl)c(Cl)c1)S(=O)(=O)c1ccccc1. The van der Waals surface area contributed by atoms with Gasteiger partial charge in [-0.2, -0.15) is 0 Å². The average Bonchev–Trinajstić information content (AvgIpc) is 2.88. The van der Waals surface area contributed by atoms with Crippen LogP contribution in [-0.4, -0.2) is 44.8 Å². The highest BCUT2D eigenvalue weighted by Gasteiger charge is 2.32. The van der Waals surface area contributed by atoms with Crippen molar-refractivity contribution in [2.24, 2.45) is 0 Å². The molecular formula is C25H24Cl3N3O4S. The van der Waals surface area contributed by atoms with Crippen molar-refractivity contribution in [3.63, 3.8) is 0 Å². The monoisotopic (exact) mass is 567 g/mol. The molecule has 0 aliphatic carbocycles. The number of hydrogen-bond acceptors (Lipinski definition) is 4. The Labute approximate surface area is 225 Å². The Morgan fingerprint density at radius 1 is 0.917 bits per heavy atom. The number of hydrogen-bond donors (Lipinski definition) is 1. The van der Waals surface area contributed by atoms with Crippen LogP contribution in [0.3, 0.4) is 0 Å². The van der Waals surface area contributed by atoms with Gasteiger partial charge in [0.1, 0.15) is 12.6 Å². The van der Waals surface area contributed by atoms with Crippen LogP contribution in [0.15, 0.2) is 77.7 Å². The van der Waals surface area contributed by atoms with Gasteiger partial charge in [-0.1, -0.05) is 65.1 Å². The first-order valence-electron chi connectivity index (χ1n) is 10.8. The fourth-order valence-electron chi connectivity index (χ4n) is 3.47. The number of benzene rings is 3. The van der Waals surface area contributed by atoms with Crippen molar-refractivity contribution in [2.45, 2.75) is 24.4 Å². The van der Waals surface area contributed by atoms with Crippen LogP contribution in [0.5, 0.6) is 0 Å². The molecule has 0 heterocycles. The van der Waals surface area contributed by atoms with Gasteiger partial charge < -0.3 is 10.2 Å². The molecule has 0 aliphatic rings. The molecule has 0 bridgehead atoms. The van der Waals surface area contributed by atoms with Gasteiger partial charge in [0.25, 0.3) is 10.0 Å². The Morgan fingerprint density at radius 2 is 1.56 bits per heavy atom. The Kier molecular flexibility index (Phi) is 9.24. The summed E-state index contributed by atoms with van der Waals surface area (Å²) in [6.45, 7) is 1.05. The number of nitrogens with zero attached hydrogens (tertiary/aromatic N) is 2. The quantitative estimate of drug-likeness (QED) is 0.393. The standard InChI is InChI=1S/C25H24Cl3N3O4S/c1-17(25(33)29-2)30(15-18-8-10-19(26)11-9-18)24(32)16-31(20-12-13-22(27)23(28)14-20)36(34,35)21-6-4-3-5-7-21/h3-14,17H,15-16H2,1-2H3,(H,29,33)/t17-/m1/s1. The van der Waals surface area contributed by atoms with Gasteiger partial charge in [0.2, 0.25) is 11.8 Å². The molecule has 0 aromatic heterocycles. The number of likely N-dealkylation sites (N-methyl/N-ethyl adjacent to an activating group) is 1. The minimum Gasteiger partial charge on any atom is -0.357 e. The Balaban J connectivity index is 2.04. The van der Waals surface area contributed by atoms with Gasteiger partial charge in [0, 0.05) is 18.6 Å². The molecule has 0 unspecified atom stereocenters. The molecule has 3 aromatic rings. The second kappa shape index (κ2) is 12.0. The molecule has 0 fully saturated rings. The minimum absolute atomic E-state index is 0.00697. The lowest BCUT2D eigenvalue weighted by Gasteiger charge is -2.31. The van der Waals surface area contributed by atoms with Crippen LogP contribution in [-0.2, 0) is 26.2 Å². The van der Waals surface area contributed by atoms with Crippen molar-refractivity contribution < 1.29 is 18.0 Å². The van der Waals surface area contributed by atoms with E-state index in [0.29, 0.717) is 5.02 Å². The summed E-state index contributed by atoms with van der Waals surface area (Å²) in [6.07, 6.45) is 0. The van der Waals surface area contributed by atoms with E-state index < -0.39 is 34.4 Å². The zero-order valence-electron chi connectivity index (χ0n) is 19.5. The highest BCUT2D eigenvalue weighted by Crippen LogP contribution is 2.31. The number of nitrogens with one attached hydrogen (secondary N) is 1. The first-order chi connectivity index (χ1) is 17.0.